The number of likely N-dealkylation sites (N-methyl/N-ethyl adjacent to an activating group) is 1. The fraction of sp³-hybridized carbons (Fsp3) is 0.462. The standard InChI is InChI=1S/C13H18N4O3/c1-16(2)12(19)13(20)17-6-4-10(8-17)15-11(18)9-3-5-14-7-9/h3,5,7,10,14H,4,6,8H2,1-2H3,(H,15,18)/t10-/m0/s1. The van der Waals surface area contributed by atoms with Gasteiger partial charge in [0, 0.05) is 45.6 Å². The third kappa shape index (κ3) is 2.98. The molecule has 1 aliphatic rings. The van der Waals surface area contributed by atoms with Crippen molar-refractivity contribution in [3.8, 4) is 0 Å². The molecule has 7 nitrogen and oxygen atoms in total. The van der Waals surface area contributed by atoms with Gasteiger partial charge in [-0.05, 0) is 12.5 Å². The van der Waals surface area contributed by atoms with Crippen LogP contribution in [0.4, 0.5) is 0 Å². The Labute approximate surface area is 116 Å². The lowest BCUT2D eigenvalue weighted by Gasteiger charge is -2.18. The highest BCUT2D eigenvalue weighted by molar-refractivity contribution is 6.34. The monoisotopic (exact) mass is 278 g/mol. The third-order valence-corrected chi connectivity index (χ3v) is 3.26. The molecule has 1 fully saturated rings. The third-order valence-electron chi connectivity index (χ3n) is 3.26. The van der Waals surface area contributed by atoms with Crippen LogP contribution in [0.1, 0.15) is 16.8 Å². The van der Waals surface area contributed by atoms with E-state index in [1.165, 1.54) is 9.80 Å². The number of rotatable bonds is 2. The van der Waals surface area contributed by atoms with Gasteiger partial charge in [-0.2, -0.15) is 0 Å². The second-order valence-electron chi connectivity index (χ2n) is 5.01. The number of carbonyl (C=O) groups excluding carboxylic acids is 3. The Morgan fingerprint density at radius 3 is 2.75 bits per heavy atom. The van der Waals surface area contributed by atoms with Crippen molar-refractivity contribution in [1.29, 1.82) is 0 Å². The maximum atomic E-state index is 11.9. The summed E-state index contributed by atoms with van der Waals surface area (Å²) in [6, 6.07) is 1.57. The molecule has 2 N–H and O–H groups in total. The Morgan fingerprint density at radius 1 is 1.40 bits per heavy atom. The van der Waals surface area contributed by atoms with E-state index < -0.39 is 11.8 Å². The summed E-state index contributed by atoms with van der Waals surface area (Å²) < 4.78 is 0. The Hall–Kier alpha value is -2.31. The molecule has 0 saturated carbocycles. The van der Waals surface area contributed by atoms with Crippen LogP contribution in [0.15, 0.2) is 18.5 Å². The van der Waals surface area contributed by atoms with Crippen molar-refractivity contribution < 1.29 is 14.4 Å². The van der Waals surface area contributed by atoms with Crippen LogP contribution in [0.3, 0.4) is 0 Å². The summed E-state index contributed by atoms with van der Waals surface area (Å²) in [6.07, 6.45) is 3.94. The average Bonchev–Trinajstić information content (AvgIpc) is 3.07. The van der Waals surface area contributed by atoms with Gasteiger partial charge in [-0.3, -0.25) is 14.4 Å². The summed E-state index contributed by atoms with van der Waals surface area (Å²) >= 11 is 0. The number of nitrogens with one attached hydrogen (secondary N) is 2. The molecule has 20 heavy (non-hydrogen) atoms. The number of amides is 3. The maximum Gasteiger partial charge on any atom is 0.312 e. The molecule has 2 rings (SSSR count). The van der Waals surface area contributed by atoms with Gasteiger partial charge in [0.05, 0.1) is 5.56 Å². The highest BCUT2D eigenvalue weighted by Gasteiger charge is 2.31. The molecule has 0 radical (unpaired) electrons. The lowest BCUT2D eigenvalue weighted by molar-refractivity contribution is -0.149. The van der Waals surface area contributed by atoms with Crippen LogP contribution in [-0.2, 0) is 9.59 Å². The first-order chi connectivity index (χ1) is 9.49. The first kappa shape index (κ1) is 14.1. The van der Waals surface area contributed by atoms with E-state index in [1.54, 1.807) is 32.6 Å². The Balaban J connectivity index is 1.88. The lowest BCUT2D eigenvalue weighted by atomic mass is 10.2. The molecule has 2 heterocycles. The summed E-state index contributed by atoms with van der Waals surface area (Å²) in [6.45, 7) is 0.852. The molecule has 1 aromatic rings. The van der Waals surface area contributed by atoms with Gasteiger partial charge in [0.1, 0.15) is 0 Å². The molecular formula is C13H18N4O3. The molecule has 0 aromatic carbocycles. The fourth-order valence-electron chi connectivity index (χ4n) is 2.12. The van der Waals surface area contributed by atoms with Gasteiger partial charge < -0.3 is 20.1 Å². The van der Waals surface area contributed by atoms with Gasteiger partial charge in [-0.1, -0.05) is 0 Å². The van der Waals surface area contributed by atoms with Crippen LogP contribution in [0.2, 0.25) is 0 Å². The van der Waals surface area contributed by atoms with Crippen LogP contribution in [0.5, 0.6) is 0 Å². The second-order valence-corrected chi connectivity index (χ2v) is 5.01. The Bertz CT molecular complexity index is 510. The number of carbonyl (C=O) groups is 3. The summed E-state index contributed by atoms with van der Waals surface area (Å²) in [7, 11) is 3.09. The second kappa shape index (κ2) is 5.77. The molecule has 0 bridgehead atoms. The Morgan fingerprint density at radius 2 is 2.15 bits per heavy atom. The summed E-state index contributed by atoms with van der Waals surface area (Å²) in [5.41, 5.74) is 0.555. The SMILES string of the molecule is CN(C)C(=O)C(=O)N1CC[C@H](NC(=O)c2cc[nH]c2)C1. The van der Waals surface area contributed by atoms with E-state index in [-0.39, 0.29) is 11.9 Å². The van der Waals surface area contributed by atoms with Gasteiger partial charge in [-0.25, -0.2) is 0 Å². The quantitative estimate of drug-likeness (QED) is 0.711. The molecule has 7 heteroatoms. The zero-order valence-electron chi connectivity index (χ0n) is 11.5. The average molecular weight is 278 g/mol. The molecule has 1 saturated heterocycles. The first-order valence-corrected chi connectivity index (χ1v) is 6.43. The predicted octanol–water partition coefficient (Wildman–Crippen LogP) is -0.566. The molecule has 1 aliphatic heterocycles. The van der Waals surface area contributed by atoms with Gasteiger partial charge in [0.15, 0.2) is 0 Å². The normalized spacial score (nSPS) is 17.9. The number of H-pyrrole nitrogens is 1. The molecule has 0 aliphatic carbocycles. The minimum atomic E-state index is -0.539. The van der Waals surface area contributed by atoms with E-state index in [1.807, 2.05) is 0 Å². The zero-order valence-corrected chi connectivity index (χ0v) is 11.5. The van der Waals surface area contributed by atoms with Crippen LogP contribution < -0.4 is 5.32 Å². The zero-order chi connectivity index (χ0) is 14.7. The molecule has 0 unspecified atom stereocenters. The van der Waals surface area contributed by atoms with Gasteiger partial charge in [0.2, 0.25) is 0 Å². The van der Waals surface area contributed by atoms with Crippen LogP contribution in [0, 0.1) is 0 Å². The predicted molar refractivity (Wildman–Crippen MR) is 71.9 cm³/mol. The number of aromatic nitrogens is 1. The number of hydrogen-bond acceptors (Lipinski definition) is 3. The first-order valence-electron chi connectivity index (χ1n) is 6.43. The topological polar surface area (TPSA) is 85.5 Å². The van der Waals surface area contributed by atoms with Gasteiger partial charge in [0.25, 0.3) is 5.91 Å². The summed E-state index contributed by atoms with van der Waals surface area (Å²) in [5.74, 6) is -1.24. The Kier molecular flexibility index (Phi) is 4.07. The van der Waals surface area contributed by atoms with Crippen molar-refractivity contribution in [3.63, 3.8) is 0 Å². The number of hydrogen-bond donors (Lipinski definition) is 2. The maximum absolute atomic E-state index is 11.9. The van der Waals surface area contributed by atoms with Crippen molar-refractivity contribution >= 4 is 17.7 Å². The van der Waals surface area contributed by atoms with E-state index in [4.69, 9.17) is 0 Å². The van der Waals surface area contributed by atoms with Crippen molar-refractivity contribution in [3.05, 3.63) is 24.0 Å². The van der Waals surface area contributed by atoms with E-state index in [0.29, 0.717) is 25.1 Å². The lowest BCUT2D eigenvalue weighted by Crippen LogP contribution is -2.43. The van der Waals surface area contributed by atoms with E-state index in [0.717, 1.165) is 0 Å². The van der Waals surface area contributed by atoms with E-state index >= 15 is 0 Å². The van der Waals surface area contributed by atoms with Crippen molar-refractivity contribution in [2.24, 2.45) is 0 Å². The van der Waals surface area contributed by atoms with Crippen molar-refractivity contribution in [1.82, 2.24) is 20.1 Å². The van der Waals surface area contributed by atoms with Crippen LogP contribution >= 0.6 is 0 Å². The number of aromatic amines is 1. The molecular weight excluding hydrogens is 260 g/mol. The fourth-order valence-corrected chi connectivity index (χ4v) is 2.12. The number of likely N-dealkylation sites (tertiary alicyclic amines) is 1. The highest BCUT2D eigenvalue weighted by atomic mass is 16.2. The largest absolute Gasteiger partial charge is 0.367 e. The smallest absolute Gasteiger partial charge is 0.312 e. The minimum absolute atomic E-state index is 0.115. The van der Waals surface area contributed by atoms with Crippen molar-refractivity contribution in [2.45, 2.75) is 12.5 Å². The molecule has 0 spiro atoms. The summed E-state index contributed by atoms with van der Waals surface area (Å²) in [4.78, 5) is 40.9. The molecule has 1 atom stereocenters. The molecule has 1 aromatic heterocycles. The minimum Gasteiger partial charge on any atom is -0.367 e. The van der Waals surface area contributed by atoms with E-state index in [2.05, 4.69) is 10.3 Å². The molecule has 3 amide bonds. The van der Waals surface area contributed by atoms with Crippen LogP contribution in [-0.4, -0.2) is 65.7 Å². The van der Waals surface area contributed by atoms with Gasteiger partial charge in [-0.15, -0.1) is 0 Å². The van der Waals surface area contributed by atoms with Crippen LogP contribution in [0.25, 0.3) is 0 Å². The molecule has 108 valence electrons. The van der Waals surface area contributed by atoms with Gasteiger partial charge >= 0.3 is 11.8 Å². The number of nitrogens with zero attached hydrogens (tertiary/aromatic N) is 2. The van der Waals surface area contributed by atoms with E-state index in [9.17, 15) is 14.4 Å². The highest BCUT2D eigenvalue weighted by Crippen LogP contribution is 2.11. The summed E-state index contributed by atoms with van der Waals surface area (Å²) in [5, 5.41) is 2.86. The van der Waals surface area contributed by atoms with Crippen molar-refractivity contribution in [2.75, 3.05) is 27.2 Å².